The van der Waals surface area contributed by atoms with Crippen LogP contribution in [0.15, 0.2) is 48.5 Å². The Morgan fingerprint density at radius 2 is 1.88 bits per heavy atom. The number of anilines is 1. The van der Waals surface area contributed by atoms with Crippen molar-refractivity contribution < 1.29 is 0 Å². The Labute approximate surface area is 149 Å². The van der Waals surface area contributed by atoms with E-state index in [0.717, 1.165) is 6.54 Å². The first kappa shape index (κ1) is 16.8. The van der Waals surface area contributed by atoms with E-state index in [1.54, 1.807) is 0 Å². The van der Waals surface area contributed by atoms with E-state index in [9.17, 15) is 0 Å². The molecule has 0 amide bonds. The summed E-state index contributed by atoms with van der Waals surface area (Å²) in [5.74, 6) is 0.522. The molecule has 0 radical (unpaired) electrons. The summed E-state index contributed by atoms with van der Waals surface area (Å²) in [6.07, 6.45) is 4.37. The van der Waals surface area contributed by atoms with Gasteiger partial charge in [-0.1, -0.05) is 62.4 Å². The summed E-state index contributed by atoms with van der Waals surface area (Å²) in [6, 6.07) is 15.2. The number of hydrogen-bond donors (Lipinski definition) is 1. The molecule has 0 aliphatic carbocycles. The Morgan fingerprint density at radius 3 is 2.62 bits per heavy atom. The second-order valence-electron chi connectivity index (χ2n) is 6.49. The lowest BCUT2D eigenvalue weighted by Gasteiger charge is -2.14. The molecule has 0 atom stereocenters. The highest BCUT2D eigenvalue weighted by molar-refractivity contribution is 7.19. The van der Waals surface area contributed by atoms with Crippen LogP contribution < -0.4 is 5.32 Å². The number of fused-ring (bicyclic) bond motifs is 1. The third kappa shape index (κ3) is 3.25. The maximum atomic E-state index is 3.67. The number of nitrogens with one attached hydrogen (secondary N) is 1. The number of aryl methyl sites for hydroxylation is 1. The van der Waals surface area contributed by atoms with E-state index >= 15 is 0 Å². The molecule has 1 N–H and O–H groups in total. The molecule has 24 heavy (non-hydrogen) atoms. The van der Waals surface area contributed by atoms with Gasteiger partial charge in [-0.3, -0.25) is 0 Å². The van der Waals surface area contributed by atoms with Crippen LogP contribution in [0, 0.1) is 6.92 Å². The highest BCUT2D eigenvalue weighted by Gasteiger charge is 2.12. The topological polar surface area (TPSA) is 12.0 Å². The Balaban J connectivity index is 1.96. The van der Waals surface area contributed by atoms with E-state index in [0.29, 0.717) is 5.92 Å². The van der Waals surface area contributed by atoms with Crippen molar-refractivity contribution in [2.45, 2.75) is 40.2 Å². The van der Waals surface area contributed by atoms with E-state index in [1.807, 2.05) is 11.3 Å². The zero-order valence-electron chi connectivity index (χ0n) is 14.9. The average Bonchev–Trinajstić information content (AvgIpc) is 2.93. The van der Waals surface area contributed by atoms with Crippen LogP contribution in [0.5, 0.6) is 0 Å². The van der Waals surface area contributed by atoms with Gasteiger partial charge < -0.3 is 5.32 Å². The maximum absolute atomic E-state index is 3.67. The van der Waals surface area contributed by atoms with Gasteiger partial charge in [0.25, 0.3) is 0 Å². The summed E-state index contributed by atoms with van der Waals surface area (Å²) >= 11 is 1.91. The van der Waals surface area contributed by atoms with E-state index in [1.165, 1.54) is 37.3 Å². The molecular weight excluding hydrogens is 310 g/mol. The molecule has 1 aromatic heterocycles. The summed E-state index contributed by atoms with van der Waals surface area (Å²) < 4.78 is 1.40. The summed E-state index contributed by atoms with van der Waals surface area (Å²) in [5.41, 5.74) is 5.34. The average molecular weight is 336 g/mol. The lowest BCUT2D eigenvalue weighted by Crippen LogP contribution is -2.03. The molecule has 124 valence electrons. The zero-order chi connectivity index (χ0) is 17.1. The van der Waals surface area contributed by atoms with Crippen LogP contribution in [0.25, 0.3) is 16.2 Å². The number of rotatable bonds is 5. The van der Waals surface area contributed by atoms with Crippen molar-refractivity contribution in [1.82, 2.24) is 0 Å². The Bertz CT molecular complexity index is 871. The monoisotopic (exact) mass is 335 g/mol. The molecule has 2 heteroatoms. The normalized spacial score (nSPS) is 11.7. The Hall–Kier alpha value is -2.06. The molecule has 0 saturated heterocycles. The number of thiophene rings is 1. The first-order chi connectivity index (χ1) is 11.6. The molecule has 0 saturated carbocycles. The lowest BCUT2D eigenvalue weighted by atomic mass is 10.0. The zero-order valence-corrected chi connectivity index (χ0v) is 15.7. The third-order valence-electron chi connectivity index (χ3n) is 4.38. The second-order valence-corrected chi connectivity index (χ2v) is 7.59. The molecule has 0 spiro atoms. The minimum Gasteiger partial charge on any atom is -0.380 e. The minimum atomic E-state index is 0.522. The van der Waals surface area contributed by atoms with Gasteiger partial charge in [-0.2, -0.15) is 0 Å². The van der Waals surface area contributed by atoms with Gasteiger partial charge in [0.05, 0.1) is 6.54 Å². The smallest absolute Gasteiger partial charge is 0.0500 e. The van der Waals surface area contributed by atoms with Crippen LogP contribution in [0.4, 0.5) is 5.69 Å². The molecule has 0 aliphatic heterocycles. The van der Waals surface area contributed by atoms with Crippen LogP contribution in [0.2, 0.25) is 0 Å². The van der Waals surface area contributed by atoms with Gasteiger partial charge in [-0.25, -0.2) is 0 Å². The van der Waals surface area contributed by atoms with E-state index in [-0.39, 0.29) is 0 Å². The number of para-hydroxylation sites is 1. The van der Waals surface area contributed by atoms with Crippen molar-refractivity contribution in [3.05, 3.63) is 70.1 Å². The molecule has 3 aromatic rings. The van der Waals surface area contributed by atoms with E-state index < -0.39 is 0 Å². The lowest BCUT2D eigenvalue weighted by molar-refractivity contribution is 0.866. The van der Waals surface area contributed by atoms with Gasteiger partial charge in [0, 0.05) is 20.7 Å². The first-order valence-electron chi connectivity index (χ1n) is 8.58. The van der Waals surface area contributed by atoms with Crippen LogP contribution >= 0.6 is 11.3 Å². The van der Waals surface area contributed by atoms with Crippen LogP contribution in [0.3, 0.4) is 0 Å². The van der Waals surface area contributed by atoms with Gasteiger partial charge in [-0.05, 0) is 42.5 Å². The van der Waals surface area contributed by atoms with Crippen LogP contribution in [-0.4, -0.2) is 0 Å². The fourth-order valence-corrected chi connectivity index (χ4v) is 4.34. The highest BCUT2D eigenvalue weighted by Crippen LogP contribution is 2.35. The van der Waals surface area contributed by atoms with Crippen LogP contribution in [0.1, 0.15) is 48.3 Å². The third-order valence-corrected chi connectivity index (χ3v) is 5.74. The van der Waals surface area contributed by atoms with Crippen molar-refractivity contribution in [3.63, 3.8) is 0 Å². The summed E-state index contributed by atoms with van der Waals surface area (Å²) in [5, 5.41) is 5.03. The number of hydrogen-bond acceptors (Lipinski definition) is 2. The molecular formula is C22H25NS. The Morgan fingerprint density at radius 1 is 1.08 bits per heavy atom. The van der Waals surface area contributed by atoms with Gasteiger partial charge in [0.1, 0.15) is 0 Å². The quantitative estimate of drug-likeness (QED) is 0.530. The molecule has 2 aromatic carbocycles. The molecule has 0 aliphatic rings. The summed E-state index contributed by atoms with van der Waals surface area (Å²) in [4.78, 5) is 1.40. The fourth-order valence-electron chi connectivity index (χ4n) is 3.15. The predicted octanol–water partition coefficient (Wildman–Crippen LogP) is 6.98. The molecule has 1 heterocycles. The molecule has 0 bridgehead atoms. The minimum absolute atomic E-state index is 0.522. The van der Waals surface area contributed by atoms with Gasteiger partial charge in [-0.15, -0.1) is 11.3 Å². The van der Waals surface area contributed by atoms with Crippen molar-refractivity contribution in [2.75, 3.05) is 5.32 Å². The molecule has 0 unspecified atom stereocenters. The number of allylic oxidation sites excluding steroid dienone is 1. The van der Waals surface area contributed by atoms with E-state index in [2.05, 4.69) is 87.6 Å². The fraction of sp³-hybridized carbons (Fsp3) is 0.273. The summed E-state index contributed by atoms with van der Waals surface area (Å²) in [7, 11) is 0. The second kappa shape index (κ2) is 7.23. The predicted molar refractivity (Wildman–Crippen MR) is 109 cm³/mol. The van der Waals surface area contributed by atoms with Crippen molar-refractivity contribution in [1.29, 1.82) is 0 Å². The highest BCUT2D eigenvalue weighted by atomic mass is 32.1. The summed E-state index contributed by atoms with van der Waals surface area (Å²) in [6.45, 7) is 9.64. The maximum Gasteiger partial charge on any atom is 0.0500 e. The molecule has 3 rings (SSSR count). The van der Waals surface area contributed by atoms with Gasteiger partial charge in [0.2, 0.25) is 0 Å². The van der Waals surface area contributed by atoms with Crippen molar-refractivity contribution in [2.24, 2.45) is 0 Å². The standard InChI is InChI=1S/C22H25NS/c1-5-9-18-19-12-8-10-16(4)22(19)24-21(18)14-23-20-13-7-6-11-17(20)15(2)3/h5-13,15,23H,14H2,1-4H3/b9-5-. The van der Waals surface area contributed by atoms with Crippen LogP contribution in [-0.2, 0) is 6.54 Å². The van der Waals surface area contributed by atoms with Crippen molar-refractivity contribution >= 4 is 33.2 Å². The molecule has 0 fully saturated rings. The molecule has 1 nitrogen and oxygen atoms in total. The largest absolute Gasteiger partial charge is 0.380 e. The van der Waals surface area contributed by atoms with Gasteiger partial charge >= 0.3 is 0 Å². The van der Waals surface area contributed by atoms with Crippen molar-refractivity contribution in [3.8, 4) is 0 Å². The van der Waals surface area contributed by atoms with Gasteiger partial charge in [0.15, 0.2) is 0 Å². The SMILES string of the molecule is C/C=C\c1c(CNc2ccccc2C(C)C)sc2c(C)cccc12. The Kier molecular flexibility index (Phi) is 5.06. The first-order valence-corrected chi connectivity index (χ1v) is 9.40. The number of benzene rings is 2. The van der Waals surface area contributed by atoms with E-state index in [4.69, 9.17) is 0 Å².